The van der Waals surface area contributed by atoms with Crippen LogP contribution in [0.4, 0.5) is 5.69 Å². The van der Waals surface area contributed by atoms with Crippen molar-refractivity contribution < 1.29 is 14.3 Å². The molecular formula is C27H20ClN3O3. The minimum absolute atomic E-state index is 0.0713. The fourth-order valence-electron chi connectivity index (χ4n) is 4.56. The van der Waals surface area contributed by atoms with E-state index in [4.69, 9.17) is 26.8 Å². The fraction of sp³-hybridized carbons (Fsp3) is 0.111. The standard InChI is InChI=1S/C27H20ClN3O3/c1-33-20-13-9-17(10-14-20)24-23-22(16-7-11-18(28)12-8-16)21(15-29)26(30)34-25(23)27(32)31(24)19-5-3-2-4-6-19/h2-14,22,24H,30H2,1H3. The fourth-order valence-corrected chi connectivity index (χ4v) is 4.68. The van der Waals surface area contributed by atoms with Crippen LogP contribution in [-0.2, 0) is 9.53 Å². The Morgan fingerprint density at radius 1 is 1.00 bits per heavy atom. The summed E-state index contributed by atoms with van der Waals surface area (Å²) in [5.74, 6) is -0.125. The van der Waals surface area contributed by atoms with E-state index in [1.54, 1.807) is 24.1 Å². The zero-order valence-corrected chi connectivity index (χ0v) is 19.0. The molecule has 0 saturated carbocycles. The van der Waals surface area contributed by atoms with Crippen molar-refractivity contribution in [2.45, 2.75) is 12.0 Å². The Labute approximate surface area is 202 Å². The number of anilines is 1. The van der Waals surface area contributed by atoms with Crippen LogP contribution in [0, 0.1) is 11.3 Å². The van der Waals surface area contributed by atoms with E-state index in [1.165, 1.54) is 0 Å². The average Bonchev–Trinajstić information content (AvgIpc) is 3.16. The van der Waals surface area contributed by atoms with Crippen molar-refractivity contribution in [3.8, 4) is 11.8 Å². The number of amides is 1. The Morgan fingerprint density at radius 2 is 1.65 bits per heavy atom. The Balaban J connectivity index is 1.74. The summed E-state index contributed by atoms with van der Waals surface area (Å²) in [6.07, 6.45) is 0. The lowest BCUT2D eigenvalue weighted by atomic mass is 9.79. The molecule has 1 amide bonds. The zero-order valence-electron chi connectivity index (χ0n) is 18.2. The van der Waals surface area contributed by atoms with Crippen LogP contribution < -0.4 is 15.4 Å². The molecule has 2 unspecified atom stereocenters. The predicted molar refractivity (Wildman–Crippen MR) is 129 cm³/mol. The van der Waals surface area contributed by atoms with Crippen molar-refractivity contribution in [3.05, 3.63) is 118 Å². The maximum absolute atomic E-state index is 13.8. The first-order valence-electron chi connectivity index (χ1n) is 10.6. The number of nitriles is 1. The quantitative estimate of drug-likeness (QED) is 0.567. The molecule has 3 aromatic rings. The van der Waals surface area contributed by atoms with Crippen molar-refractivity contribution in [1.82, 2.24) is 0 Å². The number of ether oxygens (including phenoxy) is 2. The summed E-state index contributed by atoms with van der Waals surface area (Å²) in [4.78, 5) is 15.4. The molecule has 2 aliphatic rings. The summed E-state index contributed by atoms with van der Waals surface area (Å²) >= 11 is 6.13. The molecule has 0 aliphatic carbocycles. The summed E-state index contributed by atoms with van der Waals surface area (Å²) in [5, 5.41) is 10.6. The Kier molecular flexibility index (Phi) is 5.48. The molecule has 0 bridgehead atoms. The van der Waals surface area contributed by atoms with E-state index >= 15 is 0 Å². The highest BCUT2D eigenvalue weighted by molar-refractivity contribution is 6.30. The molecule has 3 aromatic carbocycles. The van der Waals surface area contributed by atoms with Crippen molar-refractivity contribution in [3.63, 3.8) is 0 Å². The lowest BCUT2D eigenvalue weighted by Crippen LogP contribution is -2.30. The van der Waals surface area contributed by atoms with E-state index in [1.807, 2.05) is 66.7 Å². The summed E-state index contributed by atoms with van der Waals surface area (Å²) in [7, 11) is 1.60. The van der Waals surface area contributed by atoms with Crippen molar-refractivity contribution in [1.29, 1.82) is 5.26 Å². The molecule has 5 rings (SSSR count). The second-order valence-electron chi connectivity index (χ2n) is 7.95. The van der Waals surface area contributed by atoms with E-state index < -0.39 is 12.0 Å². The summed E-state index contributed by atoms with van der Waals surface area (Å²) in [6.45, 7) is 0. The highest BCUT2D eigenvalue weighted by atomic mass is 35.5. The van der Waals surface area contributed by atoms with Crippen LogP contribution in [0.15, 0.2) is 102 Å². The number of halogens is 1. The van der Waals surface area contributed by atoms with Gasteiger partial charge in [-0.3, -0.25) is 9.69 Å². The predicted octanol–water partition coefficient (Wildman–Crippen LogP) is 5.20. The van der Waals surface area contributed by atoms with Gasteiger partial charge in [-0.1, -0.05) is 54.1 Å². The van der Waals surface area contributed by atoms with E-state index in [0.717, 1.165) is 11.1 Å². The van der Waals surface area contributed by atoms with Gasteiger partial charge in [0.1, 0.15) is 17.4 Å². The SMILES string of the molecule is COc1ccc(C2C3=C(OC(N)=C(C#N)C3c3ccc(Cl)cc3)C(=O)N2c2ccccc2)cc1. The van der Waals surface area contributed by atoms with Crippen LogP contribution in [0.1, 0.15) is 23.1 Å². The lowest BCUT2D eigenvalue weighted by Gasteiger charge is -2.31. The molecule has 0 aromatic heterocycles. The van der Waals surface area contributed by atoms with Crippen molar-refractivity contribution >= 4 is 23.2 Å². The first-order valence-corrected chi connectivity index (χ1v) is 11.0. The topological polar surface area (TPSA) is 88.6 Å². The van der Waals surface area contributed by atoms with E-state index in [-0.39, 0.29) is 23.1 Å². The maximum Gasteiger partial charge on any atom is 0.294 e. The minimum atomic E-state index is -0.573. The molecule has 168 valence electrons. The summed E-state index contributed by atoms with van der Waals surface area (Å²) in [5.41, 5.74) is 9.42. The number of para-hydroxylation sites is 1. The van der Waals surface area contributed by atoms with Gasteiger partial charge in [0.05, 0.1) is 19.1 Å². The van der Waals surface area contributed by atoms with Crippen LogP contribution in [0.25, 0.3) is 0 Å². The number of hydrogen-bond donors (Lipinski definition) is 1. The first kappa shape index (κ1) is 21.6. The smallest absolute Gasteiger partial charge is 0.294 e. The Bertz CT molecular complexity index is 1360. The monoisotopic (exact) mass is 469 g/mol. The van der Waals surface area contributed by atoms with Crippen LogP contribution in [0.5, 0.6) is 5.75 Å². The molecule has 2 heterocycles. The second kappa shape index (κ2) is 8.62. The number of carbonyl (C=O) groups is 1. The van der Waals surface area contributed by atoms with Gasteiger partial charge in [0.25, 0.3) is 5.91 Å². The highest BCUT2D eigenvalue weighted by Crippen LogP contribution is 2.52. The molecule has 2 N–H and O–H groups in total. The molecule has 34 heavy (non-hydrogen) atoms. The third-order valence-electron chi connectivity index (χ3n) is 6.09. The first-order chi connectivity index (χ1) is 16.5. The number of carbonyl (C=O) groups excluding carboxylic acids is 1. The van der Waals surface area contributed by atoms with E-state index in [0.29, 0.717) is 22.0 Å². The number of benzene rings is 3. The molecule has 6 nitrogen and oxygen atoms in total. The summed E-state index contributed by atoms with van der Waals surface area (Å²) in [6, 6.07) is 25.8. The number of allylic oxidation sites excluding steroid dienone is 1. The van der Waals surface area contributed by atoms with Gasteiger partial charge in [-0.15, -0.1) is 0 Å². The molecular weight excluding hydrogens is 450 g/mol. The lowest BCUT2D eigenvalue weighted by molar-refractivity contribution is -0.117. The van der Waals surface area contributed by atoms with Gasteiger partial charge in [-0.05, 0) is 47.5 Å². The maximum atomic E-state index is 13.8. The van der Waals surface area contributed by atoms with Crippen molar-refractivity contribution in [2.75, 3.05) is 12.0 Å². The highest BCUT2D eigenvalue weighted by Gasteiger charge is 2.49. The number of rotatable bonds is 4. The number of hydrogen-bond acceptors (Lipinski definition) is 5. The normalized spacial score (nSPS) is 19.6. The number of nitrogens with two attached hydrogens (primary N) is 1. The molecule has 0 fully saturated rings. The number of nitrogens with zero attached hydrogens (tertiary/aromatic N) is 2. The largest absolute Gasteiger partial charge is 0.497 e. The van der Waals surface area contributed by atoms with Crippen LogP contribution in [-0.4, -0.2) is 13.0 Å². The molecule has 0 spiro atoms. The summed E-state index contributed by atoms with van der Waals surface area (Å²) < 4.78 is 11.1. The van der Waals surface area contributed by atoms with Gasteiger partial charge in [0.15, 0.2) is 5.76 Å². The van der Waals surface area contributed by atoms with Gasteiger partial charge >= 0.3 is 0 Å². The average molecular weight is 470 g/mol. The van der Waals surface area contributed by atoms with Gasteiger partial charge in [-0.25, -0.2) is 0 Å². The molecule has 2 atom stereocenters. The van der Waals surface area contributed by atoms with Crippen LogP contribution in [0.2, 0.25) is 5.02 Å². The molecule has 7 heteroatoms. The van der Waals surface area contributed by atoms with Gasteiger partial charge < -0.3 is 15.2 Å². The van der Waals surface area contributed by atoms with E-state index in [9.17, 15) is 10.1 Å². The van der Waals surface area contributed by atoms with Crippen molar-refractivity contribution in [2.24, 2.45) is 5.73 Å². The minimum Gasteiger partial charge on any atom is -0.497 e. The Morgan fingerprint density at radius 3 is 2.26 bits per heavy atom. The second-order valence-corrected chi connectivity index (χ2v) is 8.38. The molecule has 0 saturated heterocycles. The third-order valence-corrected chi connectivity index (χ3v) is 6.35. The van der Waals surface area contributed by atoms with Crippen LogP contribution in [0.3, 0.4) is 0 Å². The van der Waals surface area contributed by atoms with Gasteiger partial charge in [-0.2, -0.15) is 5.26 Å². The third kappa shape index (κ3) is 3.47. The van der Waals surface area contributed by atoms with E-state index in [2.05, 4.69) is 6.07 Å². The molecule has 2 aliphatic heterocycles. The number of methoxy groups -OCH3 is 1. The molecule has 0 radical (unpaired) electrons. The zero-order chi connectivity index (χ0) is 23.8. The van der Waals surface area contributed by atoms with Gasteiger partial charge in [0, 0.05) is 16.3 Å². The van der Waals surface area contributed by atoms with Gasteiger partial charge in [0.2, 0.25) is 5.88 Å². The van der Waals surface area contributed by atoms with Crippen LogP contribution >= 0.6 is 11.6 Å². The Hall–Kier alpha value is -4.21.